The van der Waals surface area contributed by atoms with Crippen molar-refractivity contribution in [2.45, 2.75) is 13.8 Å². The fourth-order valence-corrected chi connectivity index (χ4v) is 1.67. The summed E-state index contributed by atoms with van der Waals surface area (Å²) in [5, 5.41) is 6.02. The van der Waals surface area contributed by atoms with E-state index in [9.17, 15) is 4.79 Å². The van der Waals surface area contributed by atoms with Crippen molar-refractivity contribution in [2.24, 2.45) is 0 Å². The molecule has 18 heavy (non-hydrogen) atoms. The third-order valence-corrected chi connectivity index (χ3v) is 2.61. The van der Waals surface area contributed by atoms with Crippen LogP contribution < -0.4 is 15.5 Å². The Hall–Kier alpha value is -1.56. The van der Waals surface area contributed by atoms with E-state index in [1.165, 1.54) is 6.20 Å². The molecule has 0 bridgehead atoms. The number of carbonyl (C=O) groups is 1. The lowest BCUT2D eigenvalue weighted by Crippen LogP contribution is -2.37. The van der Waals surface area contributed by atoms with Gasteiger partial charge >= 0.3 is 0 Å². The van der Waals surface area contributed by atoms with Crippen LogP contribution in [0.4, 0.5) is 11.8 Å². The number of rotatable bonds is 6. The first kappa shape index (κ1) is 14.5. The van der Waals surface area contributed by atoms with Gasteiger partial charge in [-0.1, -0.05) is 11.6 Å². The monoisotopic (exact) mass is 271 g/mol. The fraction of sp³-hybridized carbons (Fsp3) is 0.545. The second kappa shape index (κ2) is 7.00. The van der Waals surface area contributed by atoms with Gasteiger partial charge in [0.05, 0.1) is 12.7 Å². The number of likely N-dealkylation sites (N-methyl/N-ethyl adjacent to an activating group) is 2. The predicted octanol–water partition coefficient (Wildman–Crippen LogP) is 1.13. The van der Waals surface area contributed by atoms with Crippen molar-refractivity contribution in [1.82, 2.24) is 15.3 Å². The first-order valence-electron chi connectivity index (χ1n) is 5.84. The maximum Gasteiger partial charge on any atom is 0.239 e. The smallest absolute Gasteiger partial charge is 0.239 e. The van der Waals surface area contributed by atoms with E-state index in [0.717, 1.165) is 0 Å². The zero-order chi connectivity index (χ0) is 13.5. The van der Waals surface area contributed by atoms with E-state index >= 15 is 0 Å². The number of nitrogens with zero attached hydrogens (tertiary/aromatic N) is 3. The molecule has 1 rings (SSSR count). The average molecular weight is 272 g/mol. The van der Waals surface area contributed by atoms with E-state index in [1.807, 2.05) is 13.8 Å². The van der Waals surface area contributed by atoms with Crippen molar-refractivity contribution in [3.63, 3.8) is 0 Å². The van der Waals surface area contributed by atoms with Crippen LogP contribution in [0.1, 0.15) is 13.8 Å². The van der Waals surface area contributed by atoms with E-state index in [1.54, 1.807) is 11.9 Å². The van der Waals surface area contributed by atoms with Gasteiger partial charge in [0.1, 0.15) is 5.02 Å². The Balaban J connectivity index is 2.90. The number of hydrogen-bond acceptors (Lipinski definition) is 5. The molecule has 6 nitrogen and oxygen atoms in total. The van der Waals surface area contributed by atoms with Gasteiger partial charge < -0.3 is 15.5 Å². The number of carbonyl (C=O) groups excluding carboxylic acids is 1. The summed E-state index contributed by atoms with van der Waals surface area (Å²) in [7, 11) is 1.73. The Morgan fingerprint density at radius 3 is 2.78 bits per heavy atom. The molecule has 0 saturated heterocycles. The third kappa shape index (κ3) is 3.73. The van der Waals surface area contributed by atoms with E-state index in [4.69, 9.17) is 11.6 Å². The maximum atomic E-state index is 11.6. The lowest BCUT2D eigenvalue weighted by atomic mass is 10.4. The van der Waals surface area contributed by atoms with Crippen LogP contribution in [-0.4, -0.2) is 42.6 Å². The molecule has 0 fully saturated rings. The van der Waals surface area contributed by atoms with Crippen molar-refractivity contribution in [1.29, 1.82) is 0 Å². The summed E-state index contributed by atoms with van der Waals surface area (Å²) in [6, 6.07) is 0. The largest absolute Gasteiger partial charge is 0.357 e. The van der Waals surface area contributed by atoms with Crippen LogP contribution in [0.25, 0.3) is 0 Å². The van der Waals surface area contributed by atoms with Crippen LogP contribution in [-0.2, 0) is 4.79 Å². The summed E-state index contributed by atoms with van der Waals surface area (Å²) in [5.41, 5.74) is 0. The van der Waals surface area contributed by atoms with Crippen LogP contribution in [0, 0.1) is 0 Å². The number of amides is 1. The molecular formula is C11H18ClN5O. The van der Waals surface area contributed by atoms with Gasteiger partial charge in [-0.05, 0) is 13.8 Å². The van der Waals surface area contributed by atoms with Crippen LogP contribution in [0.5, 0.6) is 0 Å². The summed E-state index contributed by atoms with van der Waals surface area (Å²) in [5.74, 6) is 0.980. The highest BCUT2D eigenvalue weighted by Gasteiger charge is 2.15. The van der Waals surface area contributed by atoms with E-state index in [-0.39, 0.29) is 12.5 Å². The molecule has 100 valence electrons. The van der Waals surface area contributed by atoms with Crippen molar-refractivity contribution in [3.05, 3.63) is 11.2 Å². The molecule has 1 aromatic rings. The van der Waals surface area contributed by atoms with Gasteiger partial charge in [-0.15, -0.1) is 0 Å². The molecule has 0 aliphatic heterocycles. The average Bonchev–Trinajstić information content (AvgIpc) is 2.37. The van der Waals surface area contributed by atoms with Crippen LogP contribution >= 0.6 is 11.6 Å². The molecule has 0 spiro atoms. The molecule has 0 saturated carbocycles. The number of nitrogens with one attached hydrogen (secondary N) is 2. The quantitative estimate of drug-likeness (QED) is 0.812. The van der Waals surface area contributed by atoms with Gasteiger partial charge in [-0.3, -0.25) is 4.79 Å². The summed E-state index contributed by atoms with van der Waals surface area (Å²) < 4.78 is 0. The zero-order valence-corrected chi connectivity index (χ0v) is 11.6. The first-order chi connectivity index (χ1) is 8.62. The molecule has 1 amide bonds. The highest BCUT2D eigenvalue weighted by atomic mass is 35.5. The molecule has 0 radical (unpaired) electrons. The Morgan fingerprint density at radius 1 is 1.50 bits per heavy atom. The normalized spacial score (nSPS) is 10.0. The van der Waals surface area contributed by atoms with Crippen LogP contribution in [0.15, 0.2) is 6.20 Å². The third-order valence-electron chi connectivity index (χ3n) is 2.34. The minimum absolute atomic E-state index is 0.0555. The lowest BCUT2D eigenvalue weighted by Gasteiger charge is -2.22. The SMILES string of the molecule is CCNC(=O)CN(CC)c1nc(NC)ncc1Cl. The van der Waals surface area contributed by atoms with Gasteiger partial charge in [0, 0.05) is 20.1 Å². The highest BCUT2D eigenvalue weighted by Crippen LogP contribution is 2.23. The van der Waals surface area contributed by atoms with Gasteiger partial charge in [0.2, 0.25) is 11.9 Å². The highest BCUT2D eigenvalue weighted by molar-refractivity contribution is 6.32. The summed E-state index contributed by atoms with van der Waals surface area (Å²) in [6.45, 7) is 5.29. The maximum absolute atomic E-state index is 11.6. The van der Waals surface area contributed by atoms with E-state index < -0.39 is 0 Å². The fourth-order valence-electron chi connectivity index (χ4n) is 1.46. The van der Waals surface area contributed by atoms with Crippen LogP contribution in [0.3, 0.4) is 0 Å². The molecule has 2 N–H and O–H groups in total. The van der Waals surface area contributed by atoms with E-state index in [0.29, 0.717) is 29.9 Å². The summed E-state index contributed by atoms with van der Waals surface area (Å²) in [4.78, 5) is 21.7. The minimum atomic E-state index is -0.0555. The van der Waals surface area contributed by atoms with E-state index in [2.05, 4.69) is 20.6 Å². The molecule has 0 aromatic carbocycles. The number of hydrogen-bond donors (Lipinski definition) is 2. The molecule has 1 heterocycles. The second-order valence-corrected chi connectivity index (χ2v) is 3.99. The predicted molar refractivity (Wildman–Crippen MR) is 73.2 cm³/mol. The lowest BCUT2D eigenvalue weighted by molar-refractivity contribution is -0.119. The molecule has 0 atom stereocenters. The van der Waals surface area contributed by atoms with Gasteiger partial charge in [0.25, 0.3) is 0 Å². The summed E-state index contributed by atoms with van der Waals surface area (Å²) in [6.07, 6.45) is 1.52. The molecule has 7 heteroatoms. The molecule has 1 aromatic heterocycles. The van der Waals surface area contributed by atoms with Crippen molar-refractivity contribution in [3.8, 4) is 0 Å². The first-order valence-corrected chi connectivity index (χ1v) is 6.22. The Labute approximate surface area is 112 Å². The van der Waals surface area contributed by atoms with Gasteiger partial charge in [0.15, 0.2) is 5.82 Å². The molecule has 0 unspecified atom stereocenters. The number of aromatic nitrogens is 2. The van der Waals surface area contributed by atoms with Gasteiger partial charge in [-0.2, -0.15) is 4.98 Å². The molecule has 0 aliphatic carbocycles. The second-order valence-electron chi connectivity index (χ2n) is 3.58. The minimum Gasteiger partial charge on any atom is -0.357 e. The van der Waals surface area contributed by atoms with Crippen molar-refractivity contribution < 1.29 is 4.79 Å². The number of halogens is 1. The van der Waals surface area contributed by atoms with Gasteiger partial charge in [-0.25, -0.2) is 4.98 Å². The standard InChI is InChI=1S/C11H18ClN5O/c1-4-14-9(18)7-17(5-2)10-8(12)6-15-11(13-3)16-10/h6H,4-5,7H2,1-3H3,(H,14,18)(H,13,15,16). The van der Waals surface area contributed by atoms with Crippen molar-refractivity contribution >= 4 is 29.3 Å². The number of anilines is 2. The molecule has 0 aliphatic rings. The van der Waals surface area contributed by atoms with Crippen molar-refractivity contribution in [2.75, 3.05) is 36.9 Å². The Bertz CT molecular complexity index is 412. The van der Waals surface area contributed by atoms with Crippen LogP contribution in [0.2, 0.25) is 5.02 Å². The summed E-state index contributed by atoms with van der Waals surface area (Å²) >= 11 is 6.06. The Morgan fingerprint density at radius 2 is 2.22 bits per heavy atom. The topological polar surface area (TPSA) is 70.2 Å². The zero-order valence-electron chi connectivity index (χ0n) is 10.8. The molecular weight excluding hydrogens is 254 g/mol. The Kier molecular flexibility index (Phi) is 5.64.